The maximum atomic E-state index is 12.7. The van der Waals surface area contributed by atoms with Crippen LogP contribution in [-0.2, 0) is 16.0 Å². The fourth-order valence-electron chi connectivity index (χ4n) is 2.98. The smallest absolute Gasteiger partial charge is 0.233 e. The number of amides is 2. The van der Waals surface area contributed by atoms with Crippen molar-refractivity contribution in [3.63, 3.8) is 0 Å². The summed E-state index contributed by atoms with van der Waals surface area (Å²) in [7, 11) is 0. The van der Waals surface area contributed by atoms with E-state index in [1.807, 2.05) is 12.1 Å². The van der Waals surface area contributed by atoms with Crippen LogP contribution in [-0.4, -0.2) is 16.8 Å². The van der Waals surface area contributed by atoms with Crippen LogP contribution in [0.4, 0.5) is 11.4 Å². The standard InChI is InChI=1S/C18H18ClN3O2/c1-11(23)21-13-7-8-16(15(19)10-13)22-18(24)14-6-2-4-12-5-3-9-20-17(12)14/h3,5,7-10,14H,2,4,6H2,1H3,(H,21,23)(H,22,24)/t14-/m1/s1. The largest absolute Gasteiger partial charge is 0.326 e. The maximum Gasteiger partial charge on any atom is 0.233 e. The summed E-state index contributed by atoms with van der Waals surface area (Å²) in [4.78, 5) is 28.1. The number of hydrogen-bond donors (Lipinski definition) is 2. The minimum atomic E-state index is -0.263. The molecule has 6 heteroatoms. The van der Waals surface area contributed by atoms with Crippen molar-refractivity contribution in [2.75, 3.05) is 10.6 Å². The molecule has 1 aromatic heterocycles. The summed E-state index contributed by atoms with van der Waals surface area (Å²) < 4.78 is 0. The van der Waals surface area contributed by atoms with Crippen molar-refractivity contribution in [2.45, 2.75) is 32.1 Å². The van der Waals surface area contributed by atoms with Crippen LogP contribution in [0.15, 0.2) is 36.5 Å². The molecule has 0 bridgehead atoms. The van der Waals surface area contributed by atoms with E-state index in [9.17, 15) is 9.59 Å². The fraction of sp³-hybridized carbons (Fsp3) is 0.278. The van der Waals surface area contributed by atoms with E-state index < -0.39 is 0 Å². The molecule has 1 aromatic carbocycles. The summed E-state index contributed by atoms with van der Waals surface area (Å²) in [6, 6.07) is 8.93. The Morgan fingerprint density at radius 3 is 2.83 bits per heavy atom. The number of aromatic nitrogens is 1. The monoisotopic (exact) mass is 343 g/mol. The third kappa shape index (κ3) is 3.57. The van der Waals surface area contributed by atoms with Gasteiger partial charge in [0.15, 0.2) is 0 Å². The van der Waals surface area contributed by atoms with Gasteiger partial charge < -0.3 is 10.6 Å². The summed E-state index contributed by atoms with van der Waals surface area (Å²) in [5.74, 6) is -0.544. The molecule has 0 fully saturated rings. The third-order valence-electron chi connectivity index (χ3n) is 4.06. The van der Waals surface area contributed by atoms with Crippen LogP contribution >= 0.6 is 11.6 Å². The molecule has 0 unspecified atom stereocenters. The summed E-state index contributed by atoms with van der Waals surface area (Å²) in [5, 5.41) is 5.92. The van der Waals surface area contributed by atoms with Crippen LogP contribution in [0, 0.1) is 0 Å². The Balaban J connectivity index is 1.77. The van der Waals surface area contributed by atoms with E-state index in [0.29, 0.717) is 16.4 Å². The lowest BCUT2D eigenvalue weighted by Gasteiger charge is -2.23. The Morgan fingerprint density at radius 1 is 1.25 bits per heavy atom. The van der Waals surface area contributed by atoms with Crippen molar-refractivity contribution in [3.05, 3.63) is 52.8 Å². The van der Waals surface area contributed by atoms with Gasteiger partial charge in [0.1, 0.15) is 0 Å². The molecular formula is C18H18ClN3O2. The number of nitrogens with one attached hydrogen (secondary N) is 2. The lowest BCUT2D eigenvalue weighted by molar-refractivity contribution is -0.118. The predicted octanol–water partition coefficient (Wildman–Crippen LogP) is 3.75. The number of hydrogen-bond acceptors (Lipinski definition) is 3. The number of rotatable bonds is 3. The number of nitrogens with zero attached hydrogens (tertiary/aromatic N) is 1. The van der Waals surface area contributed by atoms with Crippen LogP contribution in [0.3, 0.4) is 0 Å². The molecule has 3 rings (SSSR count). The summed E-state index contributed by atoms with van der Waals surface area (Å²) in [6.07, 6.45) is 4.42. The molecule has 1 atom stereocenters. The zero-order valence-electron chi connectivity index (χ0n) is 13.3. The lowest BCUT2D eigenvalue weighted by Crippen LogP contribution is -2.25. The molecule has 2 amide bonds. The van der Waals surface area contributed by atoms with E-state index in [4.69, 9.17) is 11.6 Å². The Morgan fingerprint density at radius 2 is 2.08 bits per heavy atom. The van der Waals surface area contributed by atoms with E-state index in [1.165, 1.54) is 6.92 Å². The Labute approximate surface area is 145 Å². The molecule has 1 aliphatic carbocycles. The molecule has 2 aromatic rings. The second kappa shape index (κ2) is 7.01. The van der Waals surface area contributed by atoms with Gasteiger partial charge >= 0.3 is 0 Å². The van der Waals surface area contributed by atoms with E-state index in [-0.39, 0.29) is 17.7 Å². The number of fused-ring (bicyclic) bond motifs is 1. The average molecular weight is 344 g/mol. The van der Waals surface area contributed by atoms with Crippen LogP contribution in [0.5, 0.6) is 0 Å². The van der Waals surface area contributed by atoms with Crippen molar-refractivity contribution in [1.29, 1.82) is 0 Å². The molecular weight excluding hydrogens is 326 g/mol. The first-order valence-electron chi connectivity index (χ1n) is 7.86. The molecule has 0 spiro atoms. The molecule has 5 nitrogen and oxygen atoms in total. The van der Waals surface area contributed by atoms with Gasteiger partial charge in [0.05, 0.1) is 22.3 Å². The Hall–Kier alpha value is -2.40. The first kappa shape index (κ1) is 16.5. The summed E-state index contributed by atoms with van der Waals surface area (Å²) >= 11 is 6.21. The van der Waals surface area contributed by atoms with Crippen molar-refractivity contribution in [1.82, 2.24) is 4.98 Å². The molecule has 24 heavy (non-hydrogen) atoms. The molecule has 0 saturated heterocycles. The molecule has 1 heterocycles. The summed E-state index contributed by atoms with van der Waals surface area (Å²) in [6.45, 7) is 1.43. The van der Waals surface area contributed by atoms with Gasteiger partial charge in [-0.2, -0.15) is 0 Å². The second-order valence-electron chi connectivity index (χ2n) is 5.86. The van der Waals surface area contributed by atoms with Gasteiger partial charge in [-0.25, -0.2) is 0 Å². The molecule has 1 aliphatic rings. The number of aryl methyl sites for hydroxylation is 1. The molecule has 124 valence electrons. The van der Waals surface area contributed by atoms with E-state index in [2.05, 4.69) is 15.6 Å². The van der Waals surface area contributed by atoms with Gasteiger partial charge in [-0.15, -0.1) is 0 Å². The van der Waals surface area contributed by atoms with Gasteiger partial charge in [0.25, 0.3) is 0 Å². The van der Waals surface area contributed by atoms with Crippen molar-refractivity contribution >= 4 is 34.8 Å². The number of anilines is 2. The molecule has 0 saturated carbocycles. The first-order valence-corrected chi connectivity index (χ1v) is 8.24. The van der Waals surface area contributed by atoms with Crippen molar-refractivity contribution in [3.8, 4) is 0 Å². The molecule has 0 radical (unpaired) electrons. The third-order valence-corrected chi connectivity index (χ3v) is 4.37. The lowest BCUT2D eigenvalue weighted by atomic mass is 9.86. The van der Waals surface area contributed by atoms with Gasteiger partial charge in [-0.05, 0) is 49.1 Å². The molecule has 2 N–H and O–H groups in total. The van der Waals surface area contributed by atoms with Gasteiger partial charge in [-0.1, -0.05) is 17.7 Å². The highest BCUT2D eigenvalue weighted by atomic mass is 35.5. The topological polar surface area (TPSA) is 71.1 Å². The first-order chi connectivity index (χ1) is 11.5. The number of pyridine rings is 1. The van der Waals surface area contributed by atoms with Crippen LogP contribution in [0.2, 0.25) is 5.02 Å². The highest BCUT2D eigenvalue weighted by Crippen LogP contribution is 2.32. The van der Waals surface area contributed by atoms with E-state index >= 15 is 0 Å². The zero-order chi connectivity index (χ0) is 17.1. The number of halogens is 1. The Kier molecular flexibility index (Phi) is 4.81. The predicted molar refractivity (Wildman–Crippen MR) is 94.3 cm³/mol. The number of carbonyl (C=O) groups is 2. The minimum absolute atomic E-state index is 0.108. The highest BCUT2D eigenvalue weighted by molar-refractivity contribution is 6.34. The van der Waals surface area contributed by atoms with Crippen LogP contribution in [0.1, 0.15) is 36.9 Å². The second-order valence-corrected chi connectivity index (χ2v) is 6.26. The van der Waals surface area contributed by atoms with Crippen LogP contribution < -0.4 is 10.6 Å². The quantitative estimate of drug-likeness (QED) is 0.891. The average Bonchev–Trinajstić information content (AvgIpc) is 2.56. The van der Waals surface area contributed by atoms with E-state index in [0.717, 1.165) is 30.5 Å². The summed E-state index contributed by atoms with van der Waals surface area (Å²) in [5.41, 5.74) is 3.11. The number of carbonyl (C=O) groups excluding carboxylic acids is 2. The minimum Gasteiger partial charge on any atom is -0.326 e. The van der Waals surface area contributed by atoms with Gasteiger partial charge in [-0.3, -0.25) is 14.6 Å². The SMILES string of the molecule is CC(=O)Nc1ccc(NC(=O)[C@@H]2CCCc3cccnc32)c(Cl)c1. The van der Waals surface area contributed by atoms with Crippen molar-refractivity contribution in [2.24, 2.45) is 0 Å². The molecule has 0 aliphatic heterocycles. The van der Waals surface area contributed by atoms with Gasteiger partial charge in [0, 0.05) is 18.8 Å². The zero-order valence-corrected chi connectivity index (χ0v) is 14.1. The highest BCUT2D eigenvalue weighted by Gasteiger charge is 2.28. The van der Waals surface area contributed by atoms with Gasteiger partial charge in [0.2, 0.25) is 11.8 Å². The number of benzene rings is 1. The van der Waals surface area contributed by atoms with Crippen molar-refractivity contribution < 1.29 is 9.59 Å². The normalized spacial score (nSPS) is 16.2. The fourth-order valence-corrected chi connectivity index (χ4v) is 3.21. The Bertz CT molecular complexity index is 792. The van der Waals surface area contributed by atoms with Crippen LogP contribution in [0.25, 0.3) is 0 Å². The van der Waals surface area contributed by atoms with E-state index in [1.54, 1.807) is 24.4 Å². The maximum absolute atomic E-state index is 12.7.